The number of sulfonamides is 1. The van der Waals surface area contributed by atoms with Gasteiger partial charge in [0.25, 0.3) is 0 Å². The number of nitrogens with two attached hydrogens (primary N) is 1. The average Bonchev–Trinajstić information content (AvgIpc) is 3.37. The van der Waals surface area contributed by atoms with Crippen LogP contribution in [0.4, 0.5) is 17.6 Å². The zero-order valence-electron chi connectivity index (χ0n) is 15.5. The highest BCUT2D eigenvalue weighted by atomic mass is 32.2. The third kappa shape index (κ3) is 4.09. The lowest BCUT2D eigenvalue weighted by Crippen LogP contribution is -2.12. The molecule has 0 saturated heterocycles. The molecule has 4 aromatic rings. The van der Waals surface area contributed by atoms with Crippen LogP contribution in [0.2, 0.25) is 0 Å². The molecule has 0 amide bonds. The van der Waals surface area contributed by atoms with E-state index in [4.69, 9.17) is 9.56 Å². The van der Waals surface area contributed by atoms with E-state index < -0.39 is 27.7 Å². The molecule has 11 heteroatoms. The lowest BCUT2D eigenvalue weighted by Gasteiger charge is -2.10. The van der Waals surface area contributed by atoms with E-state index in [1.54, 1.807) is 12.1 Å². The van der Waals surface area contributed by atoms with Gasteiger partial charge in [-0.1, -0.05) is 6.07 Å². The lowest BCUT2D eigenvalue weighted by molar-refractivity contribution is -0.141. The molecule has 160 valence electrons. The van der Waals surface area contributed by atoms with Crippen molar-refractivity contribution in [2.24, 2.45) is 5.14 Å². The quantitative estimate of drug-likeness (QED) is 0.459. The molecule has 2 aromatic heterocycles. The zero-order chi connectivity index (χ0) is 22.4. The molecule has 0 atom stereocenters. The summed E-state index contributed by atoms with van der Waals surface area (Å²) in [6.45, 7) is 0. The minimum Gasteiger partial charge on any atom is -0.464 e. The summed E-state index contributed by atoms with van der Waals surface area (Å²) in [7, 11) is -3.99. The summed E-state index contributed by atoms with van der Waals surface area (Å²) in [5, 5.41) is 8.60. The van der Waals surface area contributed by atoms with Gasteiger partial charge in [-0.3, -0.25) is 0 Å². The number of benzene rings is 2. The first-order chi connectivity index (χ1) is 14.5. The molecule has 0 saturated carbocycles. The zero-order valence-corrected chi connectivity index (χ0v) is 16.3. The fourth-order valence-corrected chi connectivity index (χ4v) is 3.52. The highest BCUT2D eigenvalue weighted by molar-refractivity contribution is 7.89. The first kappa shape index (κ1) is 20.8. The summed E-state index contributed by atoms with van der Waals surface area (Å²) in [5.74, 6) is -0.390. The normalized spacial score (nSPS) is 12.3. The molecule has 0 aliphatic rings. The summed E-state index contributed by atoms with van der Waals surface area (Å²) in [5.41, 5.74) is -1.03. The van der Waals surface area contributed by atoms with Gasteiger partial charge in [-0.2, -0.15) is 18.3 Å². The number of aromatic nitrogens is 2. The van der Waals surface area contributed by atoms with Crippen LogP contribution < -0.4 is 5.14 Å². The van der Waals surface area contributed by atoms with Gasteiger partial charge in [-0.15, -0.1) is 0 Å². The predicted octanol–water partition coefficient (Wildman–Crippen LogP) is 4.60. The smallest absolute Gasteiger partial charge is 0.435 e. The van der Waals surface area contributed by atoms with E-state index >= 15 is 0 Å². The molecule has 6 nitrogen and oxygen atoms in total. The monoisotopic (exact) mass is 451 g/mol. The average molecular weight is 451 g/mol. The van der Waals surface area contributed by atoms with Crippen molar-refractivity contribution in [3.05, 3.63) is 78.4 Å². The Morgan fingerprint density at radius 2 is 1.71 bits per heavy atom. The molecule has 0 spiro atoms. The second kappa shape index (κ2) is 7.36. The Morgan fingerprint density at radius 1 is 1.00 bits per heavy atom. The number of alkyl halides is 3. The lowest BCUT2D eigenvalue weighted by atomic mass is 10.1. The van der Waals surface area contributed by atoms with Crippen LogP contribution in [0.5, 0.6) is 0 Å². The summed E-state index contributed by atoms with van der Waals surface area (Å²) in [4.78, 5) is -0.227. The Kier molecular flexibility index (Phi) is 4.94. The van der Waals surface area contributed by atoms with Crippen LogP contribution in [0.25, 0.3) is 28.3 Å². The minimum absolute atomic E-state index is 0.0902. The molecule has 2 N–H and O–H groups in total. The van der Waals surface area contributed by atoms with Gasteiger partial charge in [0.05, 0.1) is 22.5 Å². The largest absolute Gasteiger partial charge is 0.464 e. The number of hydrogen-bond acceptors (Lipinski definition) is 4. The molecule has 4 rings (SSSR count). The van der Waals surface area contributed by atoms with E-state index in [9.17, 15) is 26.0 Å². The van der Waals surface area contributed by atoms with E-state index in [0.29, 0.717) is 11.3 Å². The standard InChI is InChI=1S/C20H13F4N3O3S/c21-16-10-12(18-2-1-9-30-18)3-8-15(16)17-11-19(20(22,23)24)26-27(17)13-4-6-14(7-5-13)31(25,28)29/h1-11H,(H2,25,28,29). The maximum absolute atomic E-state index is 14.9. The summed E-state index contributed by atoms with van der Waals surface area (Å²) >= 11 is 0. The van der Waals surface area contributed by atoms with Gasteiger partial charge in [0.2, 0.25) is 10.0 Å². The van der Waals surface area contributed by atoms with E-state index in [1.165, 1.54) is 30.5 Å². The van der Waals surface area contributed by atoms with Gasteiger partial charge >= 0.3 is 6.18 Å². The van der Waals surface area contributed by atoms with Crippen molar-refractivity contribution in [3.8, 4) is 28.3 Å². The molecule has 0 aliphatic carbocycles. The van der Waals surface area contributed by atoms with Gasteiger partial charge in [0.1, 0.15) is 11.6 Å². The van der Waals surface area contributed by atoms with Crippen molar-refractivity contribution in [1.82, 2.24) is 9.78 Å². The molecule has 0 aliphatic heterocycles. The van der Waals surface area contributed by atoms with E-state index in [-0.39, 0.29) is 21.8 Å². The number of nitrogens with zero attached hydrogens (tertiary/aromatic N) is 2. The van der Waals surface area contributed by atoms with E-state index in [1.807, 2.05) is 0 Å². The van der Waals surface area contributed by atoms with Gasteiger partial charge in [0, 0.05) is 11.1 Å². The third-order valence-corrected chi connectivity index (χ3v) is 5.39. The van der Waals surface area contributed by atoms with Gasteiger partial charge in [-0.05, 0) is 54.6 Å². The molecule has 0 unspecified atom stereocenters. The van der Waals surface area contributed by atoms with Crippen LogP contribution in [0, 0.1) is 5.82 Å². The third-order valence-electron chi connectivity index (χ3n) is 4.46. The Morgan fingerprint density at radius 3 is 2.26 bits per heavy atom. The molecule has 2 heterocycles. The fourth-order valence-electron chi connectivity index (χ4n) is 3.00. The first-order valence-electron chi connectivity index (χ1n) is 8.68. The molecular weight excluding hydrogens is 438 g/mol. The number of hydrogen-bond donors (Lipinski definition) is 1. The second-order valence-corrected chi connectivity index (χ2v) is 8.10. The number of halogens is 4. The Labute approximate surface area is 173 Å². The van der Waals surface area contributed by atoms with Crippen LogP contribution in [-0.2, 0) is 16.2 Å². The number of primary sulfonamides is 1. The second-order valence-electron chi connectivity index (χ2n) is 6.54. The van der Waals surface area contributed by atoms with Gasteiger partial charge in [0.15, 0.2) is 5.69 Å². The maximum Gasteiger partial charge on any atom is 0.435 e. The molecule has 0 bridgehead atoms. The highest BCUT2D eigenvalue weighted by Gasteiger charge is 2.35. The van der Waals surface area contributed by atoms with Crippen molar-refractivity contribution in [3.63, 3.8) is 0 Å². The van der Waals surface area contributed by atoms with Crippen molar-refractivity contribution in [2.75, 3.05) is 0 Å². The van der Waals surface area contributed by atoms with Crippen molar-refractivity contribution < 1.29 is 30.4 Å². The first-order valence-corrected chi connectivity index (χ1v) is 10.2. The van der Waals surface area contributed by atoms with Crippen LogP contribution in [0.1, 0.15) is 5.69 Å². The van der Waals surface area contributed by atoms with Gasteiger partial charge < -0.3 is 4.42 Å². The van der Waals surface area contributed by atoms with Crippen molar-refractivity contribution >= 4 is 10.0 Å². The Hall–Kier alpha value is -3.44. The molecule has 2 aromatic carbocycles. The van der Waals surface area contributed by atoms with Crippen LogP contribution in [0.3, 0.4) is 0 Å². The van der Waals surface area contributed by atoms with Crippen LogP contribution in [0.15, 0.2) is 76.2 Å². The molecular formula is C20H13F4N3O3S. The Bertz CT molecular complexity index is 1340. The highest BCUT2D eigenvalue weighted by Crippen LogP contribution is 2.35. The SMILES string of the molecule is NS(=O)(=O)c1ccc(-n2nc(C(F)(F)F)cc2-c2ccc(-c3ccco3)cc2F)cc1. The summed E-state index contributed by atoms with van der Waals surface area (Å²) < 4.78 is 83.8. The summed E-state index contributed by atoms with van der Waals surface area (Å²) in [6, 6.07) is 12.6. The van der Waals surface area contributed by atoms with E-state index in [0.717, 1.165) is 28.9 Å². The number of rotatable bonds is 4. The van der Waals surface area contributed by atoms with Gasteiger partial charge in [-0.25, -0.2) is 22.6 Å². The molecule has 31 heavy (non-hydrogen) atoms. The van der Waals surface area contributed by atoms with E-state index in [2.05, 4.69) is 5.10 Å². The molecule has 0 radical (unpaired) electrons. The van der Waals surface area contributed by atoms with Crippen LogP contribution >= 0.6 is 0 Å². The minimum atomic E-state index is -4.77. The topological polar surface area (TPSA) is 91.1 Å². The predicted molar refractivity (Wildman–Crippen MR) is 103 cm³/mol. The Balaban J connectivity index is 1.85. The fraction of sp³-hybridized carbons (Fsp3) is 0.0500. The maximum atomic E-state index is 14.9. The summed E-state index contributed by atoms with van der Waals surface area (Å²) in [6.07, 6.45) is -3.36. The number of furan rings is 1. The van der Waals surface area contributed by atoms with Crippen molar-refractivity contribution in [2.45, 2.75) is 11.1 Å². The molecule has 0 fully saturated rings. The van der Waals surface area contributed by atoms with Crippen LogP contribution in [-0.4, -0.2) is 18.2 Å². The van der Waals surface area contributed by atoms with Crippen molar-refractivity contribution in [1.29, 1.82) is 0 Å².